The van der Waals surface area contributed by atoms with Crippen LogP contribution >= 0.6 is 0 Å². The Hall–Kier alpha value is -7.38. The maximum absolute atomic E-state index is 6.11. The first-order valence-corrected chi connectivity index (χ1v) is 17.6. The lowest BCUT2D eigenvalue weighted by atomic mass is 10.0. The van der Waals surface area contributed by atoms with Crippen LogP contribution in [0.3, 0.4) is 0 Å². The Morgan fingerprint density at radius 1 is 0.415 bits per heavy atom. The third-order valence-electron chi connectivity index (χ3n) is 10.0. The summed E-state index contributed by atoms with van der Waals surface area (Å²) in [6, 6.07) is 58.1. The molecule has 0 aliphatic carbocycles. The molecule has 3 aromatic heterocycles. The van der Waals surface area contributed by atoms with Gasteiger partial charge in [-0.2, -0.15) is 0 Å². The van der Waals surface area contributed by atoms with Crippen LogP contribution in [-0.2, 0) is 0 Å². The maximum Gasteiger partial charge on any atom is 0.220 e. The Morgan fingerprint density at radius 3 is 1.81 bits per heavy atom. The smallest absolute Gasteiger partial charge is 0.220 e. The Balaban J connectivity index is 1.07. The molecule has 0 bridgehead atoms. The summed E-state index contributed by atoms with van der Waals surface area (Å²) in [5.41, 5.74) is 11.8. The number of aromatic nitrogens is 5. The topological polar surface area (TPSA) is 72.9 Å². The molecule has 0 N–H and O–H groups in total. The van der Waals surface area contributed by atoms with Gasteiger partial charge in [0.25, 0.3) is 0 Å². The average Bonchev–Trinajstić information content (AvgIpc) is 3.76. The van der Waals surface area contributed by atoms with Gasteiger partial charge in [0.05, 0.1) is 22.4 Å². The minimum atomic E-state index is 0.591. The van der Waals surface area contributed by atoms with E-state index in [2.05, 4.69) is 113 Å². The minimum Gasteiger partial charge on any atom is -0.456 e. The van der Waals surface area contributed by atoms with E-state index >= 15 is 0 Å². The second-order valence-electron chi connectivity index (χ2n) is 13.1. The largest absolute Gasteiger partial charge is 0.456 e. The van der Waals surface area contributed by atoms with Crippen molar-refractivity contribution in [1.29, 1.82) is 0 Å². The number of hydrogen-bond donors (Lipinski definition) is 0. The summed E-state index contributed by atoms with van der Waals surface area (Å²) < 4.78 is 8.38. The zero-order chi connectivity index (χ0) is 34.9. The van der Waals surface area contributed by atoms with Crippen LogP contribution in [0.4, 0.5) is 17.3 Å². The predicted octanol–water partition coefficient (Wildman–Crippen LogP) is 11.6. The molecule has 1 aliphatic rings. The van der Waals surface area contributed by atoms with Gasteiger partial charge in [0.15, 0.2) is 17.5 Å². The van der Waals surface area contributed by atoms with Crippen molar-refractivity contribution in [3.05, 3.63) is 170 Å². The van der Waals surface area contributed by atoms with E-state index in [0.717, 1.165) is 83.8 Å². The molecule has 0 radical (unpaired) electrons. The van der Waals surface area contributed by atoms with E-state index in [1.165, 1.54) is 0 Å². The zero-order valence-electron chi connectivity index (χ0n) is 28.3. The molecule has 0 unspecified atom stereocenters. The molecule has 4 heterocycles. The molecule has 0 spiro atoms. The molecule has 7 heteroatoms. The third kappa shape index (κ3) is 4.68. The number of anilines is 3. The van der Waals surface area contributed by atoms with Gasteiger partial charge in [-0.25, -0.2) is 19.9 Å². The molecular formula is C46H28N6O. The van der Waals surface area contributed by atoms with Crippen LogP contribution in [0.1, 0.15) is 0 Å². The Labute approximate surface area is 304 Å². The highest BCUT2D eigenvalue weighted by Gasteiger charge is 2.29. The van der Waals surface area contributed by atoms with Crippen molar-refractivity contribution < 1.29 is 4.42 Å². The monoisotopic (exact) mass is 680 g/mol. The van der Waals surface area contributed by atoms with Crippen molar-refractivity contribution >= 4 is 50.3 Å². The molecule has 53 heavy (non-hydrogen) atoms. The van der Waals surface area contributed by atoms with E-state index in [4.69, 9.17) is 24.4 Å². The average molecular weight is 681 g/mol. The lowest BCUT2D eigenvalue weighted by Crippen LogP contribution is -2.14. The highest BCUT2D eigenvalue weighted by molar-refractivity contribution is 6.06. The number of imidazole rings is 1. The summed E-state index contributed by atoms with van der Waals surface area (Å²) in [6.45, 7) is 0. The second-order valence-corrected chi connectivity index (χ2v) is 13.1. The molecule has 248 valence electrons. The van der Waals surface area contributed by atoms with Gasteiger partial charge in [0.2, 0.25) is 5.95 Å². The van der Waals surface area contributed by atoms with Crippen molar-refractivity contribution in [3.8, 4) is 51.0 Å². The number of hydrogen-bond acceptors (Lipinski definition) is 6. The molecule has 1 aliphatic heterocycles. The summed E-state index contributed by atoms with van der Waals surface area (Å²) in [7, 11) is 0. The Kier molecular flexibility index (Phi) is 6.42. The highest BCUT2D eigenvalue weighted by atomic mass is 16.3. The number of benzene rings is 7. The van der Waals surface area contributed by atoms with Crippen LogP contribution in [-0.4, -0.2) is 24.5 Å². The number of furan rings is 1. The number of nitrogens with zero attached hydrogens (tertiary/aromatic N) is 6. The van der Waals surface area contributed by atoms with Crippen LogP contribution in [0, 0.1) is 0 Å². The van der Waals surface area contributed by atoms with Gasteiger partial charge in [-0.15, -0.1) is 0 Å². The lowest BCUT2D eigenvalue weighted by molar-refractivity contribution is 0.669. The van der Waals surface area contributed by atoms with Crippen LogP contribution in [0.2, 0.25) is 0 Å². The van der Waals surface area contributed by atoms with Crippen LogP contribution < -0.4 is 4.90 Å². The van der Waals surface area contributed by atoms with Gasteiger partial charge in [0.1, 0.15) is 11.2 Å². The molecule has 0 amide bonds. The Bertz CT molecular complexity index is 3020. The summed E-state index contributed by atoms with van der Waals surface area (Å²) in [5, 5.41) is 2.08. The van der Waals surface area contributed by atoms with Gasteiger partial charge in [-0.1, -0.05) is 97.1 Å². The van der Waals surface area contributed by atoms with Crippen LogP contribution in [0.25, 0.3) is 83.9 Å². The molecule has 7 aromatic carbocycles. The van der Waals surface area contributed by atoms with Gasteiger partial charge < -0.3 is 4.42 Å². The summed E-state index contributed by atoms with van der Waals surface area (Å²) in [5.74, 6) is 2.62. The standard InChI is InChI=1S/C46H28N6O/c1-2-12-29(13-3-1)43-48-44(50-45(49-43)31-24-27-42-36(28-31)35-16-6-11-21-41(35)53-42)30-22-25-32(26-23-30)51-38-18-8-4-14-33(38)34-15-5-9-19-39(34)52-40-20-10-7-17-37(40)47-46(51)52/h1-28H. The fraction of sp³-hybridized carbons (Fsp3) is 0. The summed E-state index contributed by atoms with van der Waals surface area (Å²) in [4.78, 5) is 22.6. The second kappa shape index (κ2) is 11.6. The number of fused-ring (bicyclic) bond motifs is 10. The molecular weight excluding hydrogens is 653 g/mol. The molecule has 11 rings (SSSR count). The first kappa shape index (κ1) is 29.4. The quantitative estimate of drug-likeness (QED) is 0.184. The SMILES string of the molecule is c1ccc(-c2nc(-c3ccc(N4c5ccccc5-c5ccccc5-n5c4nc4ccccc45)cc3)nc(-c3ccc4oc5ccccc5c4c3)n2)cc1. The lowest BCUT2D eigenvalue weighted by Gasteiger charge is -2.24. The van der Waals surface area contributed by atoms with E-state index in [1.807, 2.05) is 66.7 Å². The van der Waals surface area contributed by atoms with Crippen molar-refractivity contribution in [2.75, 3.05) is 4.90 Å². The van der Waals surface area contributed by atoms with E-state index in [1.54, 1.807) is 0 Å². The normalized spacial score (nSPS) is 12.1. The highest BCUT2D eigenvalue weighted by Crippen LogP contribution is 2.47. The molecule has 0 saturated heterocycles. The molecule has 7 nitrogen and oxygen atoms in total. The van der Waals surface area contributed by atoms with E-state index < -0.39 is 0 Å². The summed E-state index contributed by atoms with van der Waals surface area (Å²) >= 11 is 0. The Morgan fingerprint density at radius 2 is 1.00 bits per heavy atom. The van der Waals surface area contributed by atoms with Gasteiger partial charge >= 0.3 is 0 Å². The fourth-order valence-electron chi connectivity index (χ4n) is 7.53. The van der Waals surface area contributed by atoms with Crippen molar-refractivity contribution in [2.24, 2.45) is 0 Å². The molecule has 0 atom stereocenters. The maximum atomic E-state index is 6.11. The summed E-state index contributed by atoms with van der Waals surface area (Å²) in [6.07, 6.45) is 0. The van der Waals surface area contributed by atoms with E-state index in [0.29, 0.717) is 17.5 Å². The number of para-hydroxylation sites is 5. The predicted molar refractivity (Wildman–Crippen MR) is 212 cm³/mol. The molecule has 0 fully saturated rings. The van der Waals surface area contributed by atoms with E-state index in [-0.39, 0.29) is 0 Å². The van der Waals surface area contributed by atoms with Crippen molar-refractivity contribution in [3.63, 3.8) is 0 Å². The first-order chi connectivity index (χ1) is 26.3. The van der Waals surface area contributed by atoms with Crippen molar-refractivity contribution in [1.82, 2.24) is 24.5 Å². The van der Waals surface area contributed by atoms with Crippen LogP contribution in [0.5, 0.6) is 0 Å². The van der Waals surface area contributed by atoms with Gasteiger partial charge in [0, 0.05) is 44.3 Å². The third-order valence-corrected chi connectivity index (χ3v) is 10.0. The zero-order valence-corrected chi connectivity index (χ0v) is 28.3. The number of rotatable bonds is 4. The van der Waals surface area contributed by atoms with Crippen molar-refractivity contribution in [2.45, 2.75) is 0 Å². The van der Waals surface area contributed by atoms with Gasteiger partial charge in [-0.05, 0) is 72.8 Å². The molecule has 0 saturated carbocycles. The van der Waals surface area contributed by atoms with Crippen LogP contribution in [0.15, 0.2) is 174 Å². The molecule has 10 aromatic rings. The first-order valence-electron chi connectivity index (χ1n) is 17.6. The van der Waals surface area contributed by atoms with E-state index in [9.17, 15) is 0 Å². The van der Waals surface area contributed by atoms with Gasteiger partial charge in [-0.3, -0.25) is 9.47 Å². The minimum absolute atomic E-state index is 0.591. The fourth-order valence-corrected chi connectivity index (χ4v) is 7.53.